The third-order valence-corrected chi connectivity index (χ3v) is 3.99. The van der Waals surface area contributed by atoms with Crippen molar-refractivity contribution in [2.45, 2.75) is 39.7 Å². The van der Waals surface area contributed by atoms with Gasteiger partial charge in [-0.1, -0.05) is 26.0 Å². The van der Waals surface area contributed by atoms with E-state index in [9.17, 15) is 4.79 Å². The molecule has 0 radical (unpaired) electrons. The molecule has 0 spiro atoms. The van der Waals surface area contributed by atoms with E-state index in [-0.39, 0.29) is 11.9 Å². The number of carbonyl (C=O) groups excluding carboxylic acids is 1. The second-order valence-electron chi connectivity index (χ2n) is 6.29. The predicted octanol–water partition coefficient (Wildman–Crippen LogP) is 4.63. The van der Waals surface area contributed by atoms with Gasteiger partial charge in [-0.2, -0.15) is 5.26 Å². The molecule has 142 valence electrons. The maximum atomic E-state index is 12.5. The van der Waals surface area contributed by atoms with E-state index in [1.54, 1.807) is 24.3 Å². The molecule has 0 saturated heterocycles. The number of benzene rings is 2. The lowest BCUT2D eigenvalue weighted by atomic mass is 10.1. The SMILES string of the molecule is CCCOc1ccc([C@H](C)NC(=O)c2cccc(C#N)c2)cc1OCCC. The van der Waals surface area contributed by atoms with Crippen LogP contribution in [-0.2, 0) is 0 Å². The lowest BCUT2D eigenvalue weighted by molar-refractivity contribution is 0.0939. The van der Waals surface area contributed by atoms with Gasteiger partial charge in [-0.3, -0.25) is 4.79 Å². The van der Waals surface area contributed by atoms with E-state index < -0.39 is 0 Å². The summed E-state index contributed by atoms with van der Waals surface area (Å²) >= 11 is 0. The Morgan fingerprint density at radius 2 is 1.78 bits per heavy atom. The number of carbonyl (C=O) groups is 1. The minimum Gasteiger partial charge on any atom is -0.490 e. The normalized spacial score (nSPS) is 11.3. The number of nitrogens with one attached hydrogen (secondary N) is 1. The van der Waals surface area contributed by atoms with E-state index in [2.05, 4.69) is 19.2 Å². The molecular formula is C22H26N2O3. The fraction of sp³-hybridized carbons (Fsp3) is 0.364. The van der Waals surface area contributed by atoms with Gasteiger partial charge >= 0.3 is 0 Å². The zero-order valence-electron chi connectivity index (χ0n) is 16.1. The number of hydrogen-bond donors (Lipinski definition) is 1. The van der Waals surface area contributed by atoms with Crippen LogP contribution < -0.4 is 14.8 Å². The van der Waals surface area contributed by atoms with Crippen molar-refractivity contribution < 1.29 is 14.3 Å². The van der Waals surface area contributed by atoms with Crippen LogP contribution in [-0.4, -0.2) is 19.1 Å². The molecule has 5 nitrogen and oxygen atoms in total. The average molecular weight is 366 g/mol. The molecule has 0 aliphatic rings. The zero-order chi connectivity index (χ0) is 19.6. The first-order chi connectivity index (χ1) is 13.1. The van der Waals surface area contributed by atoms with E-state index in [1.165, 1.54) is 0 Å². The second-order valence-corrected chi connectivity index (χ2v) is 6.29. The van der Waals surface area contributed by atoms with E-state index in [0.29, 0.717) is 35.8 Å². The molecule has 0 saturated carbocycles. The maximum Gasteiger partial charge on any atom is 0.251 e. The quantitative estimate of drug-likeness (QED) is 0.702. The number of hydrogen-bond acceptors (Lipinski definition) is 4. The molecule has 0 fully saturated rings. The maximum absolute atomic E-state index is 12.5. The predicted molar refractivity (Wildman–Crippen MR) is 105 cm³/mol. The monoisotopic (exact) mass is 366 g/mol. The Labute approximate surface area is 160 Å². The number of amides is 1. The Hall–Kier alpha value is -3.00. The number of ether oxygens (including phenoxy) is 2. The Balaban J connectivity index is 2.15. The van der Waals surface area contributed by atoms with Gasteiger partial charge in [0, 0.05) is 5.56 Å². The Kier molecular flexibility index (Phi) is 7.69. The van der Waals surface area contributed by atoms with Crippen LogP contribution in [0.4, 0.5) is 0 Å². The van der Waals surface area contributed by atoms with Gasteiger partial charge in [-0.15, -0.1) is 0 Å². The molecule has 2 rings (SSSR count). The van der Waals surface area contributed by atoms with Crippen LogP contribution in [0.5, 0.6) is 11.5 Å². The standard InChI is InChI=1S/C22H26N2O3/c1-4-11-26-20-10-9-18(14-21(20)27-12-5-2)16(3)24-22(25)19-8-6-7-17(13-19)15-23/h6-10,13-14,16H,4-5,11-12H2,1-3H3,(H,24,25)/t16-/m0/s1. The van der Waals surface area contributed by atoms with E-state index in [1.807, 2.05) is 31.2 Å². The number of rotatable bonds is 9. The summed E-state index contributed by atoms with van der Waals surface area (Å²) in [6.45, 7) is 7.25. The van der Waals surface area contributed by atoms with Crippen molar-refractivity contribution in [3.05, 3.63) is 59.2 Å². The largest absolute Gasteiger partial charge is 0.490 e. The lowest BCUT2D eigenvalue weighted by Gasteiger charge is -2.18. The summed E-state index contributed by atoms with van der Waals surface area (Å²) < 4.78 is 11.6. The molecule has 0 heterocycles. The van der Waals surface area contributed by atoms with Gasteiger partial charge in [-0.25, -0.2) is 0 Å². The van der Waals surface area contributed by atoms with Gasteiger partial charge in [0.1, 0.15) is 0 Å². The highest BCUT2D eigenvalue weighted by molar-refractivity contribution is 5.94. The summed E-state index contributed by atoms with van der Waals surface area (Å²) in [6.07, 6.45) is 1.82. The lowest BCUT2D eigenvalue weighted by Crippen LogP contribution is -2.26. The molecule has 2 aromatic carbocycles. The van der Waals surface area contributed by atoms with Gasteiger partial charge in [0.2, 0.25) is 0 Å². The van der Waals surface area contributed by atoms with Crippen LogP contribution in [0, 0.1) is 11.3 Å². The van der Waals surface area contributed by atoms with E-state index in [4.69, 9.17) is 14.7 Å². The van der Waals surface area contributed by atoms with E-state index >= 15 is 0 Å². The Morgan fingerprint density at radius 3 is 2.44 bits per heavy atom. The van der Waals surface area contributed by atoms with Gasteiger partial charge < -0.3 is 14.8 Å². The van der Waals surface area contributed by atoms with Gasteiger partial charge in [0.25, 0.3) is 5.91 Å². The van der Waals surface area contributed by atoms with Crippen molar-refractivity contribution >= 4 is 5.91 Å². The molecule has 1 N–H and O–H groups in total. The highest BCUT2D eigenvalue weighted by atomic mass is 16.5. The van der Waals surface area contributed by atoms with Crippen LogP contribution >= 0.6 is 0 Å². The molecule has 0 bridgehead atoms. The van der Waals surface area contributed by atoms with Crippen molar-refractivity contribution in [2.75, 3.05) is 13.2 Å². The third kappa shape index (κ3) is 5.75. The van der Waals surface area contributed by atoms with Crippen LogP contribution in [0.15, 0.2) is 42.5 Å². The fourth-order valence-corrected chi connectivity index (χ4v) is 2.54. The Morgan fingerprint density at radius 1 is 1.07 bits per heavy atom. The summed E-state index contributed by atoms with van der Waals surface area (Å²) in [5.74, 6) is 1.19. The first-order valence-electron chi connectivity index (χ1n) is 9.29. The van der Waals surface area contributed by atoms with Crippen molar-refractivity contribution in [1.29, 1.82) is 5.26 Å². The van der Waals surface area contributed by atoms with Crippen molar-refractivity contribution in [3.63, 3.8) is 0 Å². The van der Waals surface area contributed by atoms with Crippen LogP contribution in [0.3, 0.4) is 0 Å². The molecule has 1 amide bonds. The molecule has 0 aliphatic carbocycles. The fourth-order valence-electron chi connectivity index (χ4n) is 2.54. The average Bonchev–Trinajstić information content (AvgIpc) is 2.70. The first-order valence-corrected chi connectivity index (χ1v) is 9.29. The summed E-state index contributed by atoms with van der Waals surface area (Å²) in [6, 6.07) is 14.2. The van der Waals surface area contributed by atoms with Crippen LogP contribution in [0.1, 0.15) is 61.1 Å². The highest BCUT2D eigenvalue weighted by Gasteiger charge is 2.15. The molecule has 2 aromatic rings. The molecule has 27 heavy (non-hydrogen) atoms. The summed E-state index contributed by atoms with van der Waals surface area (Å²) in [7, 11) is 0. The highest BCUT2D eigenvalue weighted by Crippen LogP contribution is 2.31. The summed E-state index contributed by atoms with van der Waals surface area (Å²) in [4.78, 5) is 12.5. The minimum absolute atomic E-state index is 0.215. The van der Waals surface area contributed by atoms with Gasteiger partial charge in [-0.05, 0) is 55.7 Å². The first kappa shape index (κ1) is 20.3. The Bertz CT molecular complexity index is 811. The van der Waals surface area contributed by atoms with Crippen molar-refractivity contribution in [1.82, 2.24) is 5.32 Å². The molecule has 0 unspecified atom stereocenters. The molecule has 1 atom stereocenters. The van der Waals surface area contributed by atoms with Crippen LogP contribution in [0.2, 0.25) is 0 Å². The third-order valence-electron chi connectivity index (χ3n) is 3.99. The molecule has 0 aliphatic heterocycles. The molecule has 0 aromatic heterocycles. The smallest absolute Gasteiger partial charge is 0.251 e. The van der Waals surface area contributed by atoms with Crippen molar-refractivity contribution in [2.24, 2.45) is 0 Å². The zero-order valence-corrected chi connectivity index (χ0v) is 16.1. The summed E-state index contributed by atoms with van der Waals surface area (Å²) in [5.41, 5.74) is 1.85. The van der Waals surface area contributed by atoms with Gasteiger partial charge in [0.15, 0.2) is 11.5 Å². The van der Waals surface area contributed by atoms with E-state index in [0.717, 1.165) is 18.4 Å². The summed E-state index contributed by atoms with van der Waals surface area (Å²) in [5, 5.41) is 12.0. The molecule has 5 heteroatoms. The number of nitrogens with zero attached hydrogens (tertiary/aromatic N) is 1. The topological polar surface area (TPSA) is 71.3 Å². The number of nitriles is 1. The van der Waals surface area contributed by atoms with Crippen LogP contribution in [0.25, 0.3) is 0 Å². The van der Waals surface area contributed by atoms with Gasteiger partial charge in [0.05, 0.1) is 30.9 Å². The molecular weight excluding hydrogens is 340 g/mol. The second kappa shape index (κ2) is 10.2. The minimum atomic E-state index is -0.220. The van der Waals surface area contributed by atoms with Crippen molar-refractivity contribution in [3.8, 4) is 17.6 Å².